The van der Waals surface area contributed by atoms with Gasteiger partial charge in [-0.25, -0.2) is 26.8 Å². The Morgan fingerprint density at radius 1 is 0.727 bits per heavy atom. The zero-order valence-corrected chi connectivity index (χ0v) is 12.8. The number of rotatable bonds is 2. The molecule has 2 N–H and O–H groups in total. The molecule has 10 nitrogen and oxygen atoms in total. The fourth-order valence-corrected chi connectivity index (χ4v) is 3.04. The van der Waals surface area contributed by atoms with Gasteiger partial charge in [0.05, 0.1) is 0 Å². The third kappa shape index (κ3) is 1.99. The van der Waals surface area contributed by atoms with E-state index < -0.39 is 41.6 Å². The van der Waals surface area contributed by atoms with Gasteiger partial charge in [0.2, 0.25) is 41.6 Å². The third-order valence-corrected chi connectivity index (χ3v) is 4.74. The van der Waals surface area contributed by atoms with Crippen molar-refractivity contribution in [2.45, 2.75) is 10.3 Å². The van der Waals surface area contributed by atoms with Crippen LogP contribution in [0.15, 0.2) is 10.3 Å². The Labute approximate surface area is 123 Å². The maximum atomic E-state index is 12.2. The van der Waals surface area contributed by atoms with Crippen LogP contribution in [0.1, 0.15) is 32.4 Å². The summed E-state index contributed by atoms with van der Waals surface area (Å²) >= 11 is 0. The summed E-state index contributed by atoms with van der Waals surface area (Å²) in [5, 5.41) is -1.04. The second-order valence-corrected chi connectivity index (χ2v) is 8.60. The first-order valence-corrected chi connectivity index (χ1v) is 9.48. The van der Waals surface area contributed by atoms with E-state index in [0.29, 0.717) is 0 Å². The van der Waals surface area contributed by atoms with E-state index in [0.717, 1.165) is 12.5 Å². The zero-order valence-electron chi connectivity index (χ0n) is 11.2. The summed E-state index contributed by atoms with van der Waals surface area (Å²) in [6.45, 7) is 0. The number of carbonyl (C=O) groups excluding carboxylic acids is 2. The van der Waals surface area contributed by atoms with Crippen LogP contribution in [-0.4, -0.2) is 60.8 Å². The van der Waals surface area contributed by atoms with E-state index in [1.165, 1.54) is 0 Å². The Kier molecular flexibility index (Phi) is 2.72. The van der Waals surface area contributed by atoms with Gasteiger partial charge < -0.3 is 9.97 Å². The molecule has 1 aliphatic carbocycles. The Balaban J connectivity index is 2.25. The largest absolute Gasteiger partial charge is 0.325 e. The summed E-state index contributed by atoms with van der Waals surface area (Å²) in [7, 11) is -7.49. The molecule has 2 heterocycles. The lowest BCUT2D eigenvalue weighted by molar-refractivity contribution is 0.0969. The number of fused-ring (bicyclic) bond motifs is 2. The number of aromatic nitrogens is 4. The van der Waals surface area contributed by atoms with Crippen LogP contribution in [0, 0.1) is 0 Å². The van der Waals surface area contributed by atoms with Crippen LogP contribution < -0.4 is 0 Å². The molecule has 12 heteroatoms. The molecule has 0 bridgehead atoms. The van der Waals surface area contributed by atoms with E-state index in [-0.39, 0.29) is 22.8 Å². The maximum Gasteiger partial charge on any atom is 0.232 e. The van der Waals surface area contributed by atoms with E-state index in [4.69, 9.17) is 0 Å². The lowest BCUT2D eigenvalue weighted by Crippen LogP contribution is -2.20. The van der Waals surface area contributed by atoms with Gasteiger partial charge >= 0.3 is 0 Å². The second kappa shape index (κ2) is 4.10. The van der Waals surface area contributed by atoms with Gasteiger partial charge in [-0.05, 0) is 0 Å². The Hall–Kier alpha value is -2.34. The molecular weight excluding hydrogens is 336 g/mol. The fourth-order valence-electron chi connectivity index (χ4n) is 1.95. The van der Waals surface area contributed by atoms with Crippen molar-refractivity contribution < 1.29 is 26.4 Å². The van der Waals surface area contributed by atoms with Crippen LogP contribution in [0.25, 0.3) is 0 Å². The molecule has 116 valence electrons. The number of sulfone groups is 2. The number of hydrogen-bond donors (Lipinski definition) is 2. The molecule has 0 fully saturated rings. The van der Waals surface area contributed by atoms with Gasteiger partial charge in [0.1, 0.15) is 22.8 Å². The lowest BCUT2D eigenvalue weighted by Gasteiger charge is -2.05. The quantitative estimate of drug-likeness (QED) is 0.581. The van der Waals surface area contributed by atoms with Crippen molar-refractivity contribution in [3.8, 4) is 0 Å². The van der Waals surface area contributed by atoms with E-state index >= 15 is 0 Å². The highest BCUT2D eigenvalue weighted by atomic mass is 32.2. The van der Waals surface area contributed by atoms with E-state index in [9.17, 15) is 26.4 Å². The van der Waals surface area contributed by atoms with Crippen molar-refractivity contribution >= 4 is 31.2 Å². The number of carbonyl (C=O) groups is 2. The number of nitrogens with one attached hydrogen (secondary N) is 2. The minimum Gasteiger partial charge on any atom is -0.325 e. The molecular formula is C10H8N4O6S2. The molecule has 0 aromatic carbocycles. The number of H-pyrrole nitrogens is 2. The van der Waals surface area contributed by atoms with Crippen molar-refractivity contribution in [1.82, 2.24) is 19.9 Å². The van der Waals surface area contributed by atoms with Gasteiger partial charge in [-0.1, -0.05) is 0 Å². The summed E-state index contributed by atoms with van der Waals surface area (Å²) in [5.74, 6) is -1.61. The SMILES string of the molecule is CS(=O)(=O)c1nc2c([nH]1)C(=O)c1nc(S(C)(=O)=O)[nH]c1C2=O. The Morgan fingerprint density at radius 2 is 1.05 bits per heavy atom. The van der Waals surface area contributed by atoms with Crippen molar-refractivity contribution in [2.24, 2.45) is 0 Å². The standard InChI is InChI=1S/C10H8N4O6S2/c1-21(17,18)9-11-3-4(12-9)8(16)6-5(7(3)15)13-10(14-6)22(2,19)20/h1-2H3,(H,11,12)(H,13,14). The molecule has 0 spiro atoms. The number of imidazole rings is 2. The fraction of sp³-hybridized carbons (Fsp3) is 0.200. The number of nitrogens with zero attached hydrogens (tertiary/aromatic N) is 2. The Bertz CT molecular complexity index is 924. The monoisotopic (exact) mass is 344 g/mol. The van der Waals surface area contributed by atoms with Crippen molar-refractivity contribution in [3.63, 3.8) is 0 Å². The van der Waals surface area contributed by atoms with Crippen LogP contribution in [0.5, 0.6) is 0 Å². The van der Waals surface area contributed by atoms with Crippen LogP contribution >= 0.6 is 0 Å². The van der Waals surface area contributed by atoms with Gasteiger partial charge in [0.15, 0.2) is 0 Å². The van der Waals surface area contributed by atoms with Crippen molar-refractivity contribution in [2.75, 3.05) is 12.5 Å². The summed E-state index contributed by atoms with van der Waals surface area (Å²) < 4.78 is 45.8. The molecule has 22 heavy (non-hydrogen) atoms. The van der Waals surface area contributed by atoms with E-state index in [2.05, 4.69) is 19.9 Å². The molecule has 3 rings (SSSR count). The first kappa shape index (κ1) is 14.6. The van der Waals surface area contributed by atoms with Gasteiger partial charge in [0.25, 0.3) is 0 Å². The van der Waals surface area contributed by atoms with Gasteiger partial charge in [0, 0.05) is 12.5 Å². The summed E-state index contributed by atoms with van der Waals surface area (Å²) in [4.78, 5) is 36.2. The van der Waals surface area contributed by atoms with E-state index in [1.54, 1.807) is 0 Å². The molecule has 1 aliphatic rings. The molecule has 0 aliphatic heterocycles. The summed E-state index contributed by atoms with van der Waals surface area (Å²) in [6, 6.07) is 0. The molecule has 0 saturated heterocycles. The van der Waals surface area contributed by atoms with Crippen LogP contribution in [0.4, 0.5) is 0 Å². The third-order valence-electron chi connectivity index (χ3n) is 2.95. The topological polar surface area (TPSA) is 160 Å². The zero-order chi connectivity index (χ0) is 16.4. The van der Waals surface area contributed by atoms with Gasteiger partial charge in [-0.15, -0.1) is 0 Å². The molecule has 0 unspecified atom stereocenters. The van der Waals surface area contributed by atoms with E-state index in [1.807, 2.05) is 0 Å². The van der Waals surface area contributed by atoms with Crippen LogP contribution in [0.2, 0.25) is 0 Å². The molecule has 2 aromatic rings. The Morgan fingerprint density at radius 3 is 1.32 bits per heavy atom. The maximum absolute atomic E-state index is 12.2. The average Bonchev–Trinajstić information content (AvgIpc) is 2.99. The van der Waals surface area contributed by atoms with Crippen LogP contribution in [-0.2, 0) is 19.7 Å². The van der Waals surface area contributed by atoms with Crippen LogP contribution in [0.3, 0.4) is 0 Å². The summed E-state index contributed by atoms with van der Waals surface area (Å²) in [5.41, 5.74) is -1.43. The predicted octanol–water partition coefficient (Wildman–Crippen LogP) is -1.28. The molecule has 0 atom stereocenters. The minimum atomic E-state index is -3.74. The van der Waals surface area contributed by atoms with Crippen molar-refractivity contribution in [3.05, 3.63) is 22.8 Å². The first-order chi connectivity index (χ1) is 10.00. The molecule has 2 aromatic heterocycles. The minimum absolute atomic E-state index is 0.329. The average molecular weight is 344 g/mol. The smallest absolute Gasteiger partial charge is 0.232 e. The van der Waals surface area contributed by atoms with Crippen molar-refractivity contribution in [1.29, 1.82) is 0 Å². The number of hydrogen-bond acceptors (Lipinski definition) is 8. The highest BCUT2D eigenvalue weighted by Crippen LogP contribution is 2.26. The highest BCUT2D eigenvalue weighted by molar-refractivity contribution is 7.90. The molecule has 0 saturated carbocycles. The lowest BCUT2D eigenvalue weighted by atomic mass is 10.00. The number of aromatic amines is 2. The van der Waals surface area contributed by atoms with Gasteiger partial charge in [-0.2, -0.15) is 0 Å². The molecule has 0 radical (unpaired) electrons. The molecule has 0 amide bonds. The summed E-state index contributed by atoms with van der Waals surface area (Å²) in [6.07, 6.45) is 1.73. The van der Waals surface area contributed by atoms with Gasteiger partial charge in [-0.3, -0.25) is 9.59 Å². The predicted molar refractivity (Wildman–Crippen MR) is 70.3 cm³/mol. The highest BCUT2D eigenvalue weighted by Gasteiger charge is 2.38. The normalized spacial score (nSPS) is 14.8. The second-order valence-electron chi connectivity index (χ2n) is 4.73. The number of ketones is 2. The first-order valence-electron chi connectivity index (χ1n) is 5.69.